The number of hydrogen-bond acceptors (Lipinski definition) is 5. The van der Waals surface area contributed by atoms with Crippen molar-refractivity contribution in [3.63, 3.8) is 0 Å². The number of benzene rings is 1. The first-order chi connectivity index (χ1) is 12.4. The van der Waals surface area contributed by atoms with E-state index in [0.29, 0.717) is 27.7 Å². The van der Waals surface area contributed by atoms with Crippen molar-refractivity contribution >= 4 is 34.8 Å². The molecule has 2 aliphatic rings. The largest absolute Gasteiger partial charge is 0.390 e. The van der Waals surface area contributed by atoms with Crippen molar-refractivity contribution in [2.24, 2.45) is 5.92 Å². The minimum atomic E-state index is -0.852. The molecule has 9 heteroatoms. The zero-order chi connectivity index (χ0) is 18.4. The number of anilines is 1. The molecule has 0 unspecified atom stereocenters. The van der Waals surface area contributed by atoms with Crippen LogP contribution >= 0.6 is 23.2 Å². The van der Waals surface area contributed by atoms with Crippen LogP contribution in [-0.2, 0) is 9.53 Å². The lowest BCUT2D eigenvalue weighted by molar-refractivity contribution is -0.121. The Labute approximate surface area is 158 Å². The van der Waals surface area contributed by atoms with Gasteiger partial charge in [0.25, 0.3) is 0 Å². The monoisotopic (exact) mass is 397 g/mol. The number of hydrogen-bond donors (Lipinski definition) is 2. The summed E-state index contributed by atoms with van der Waals surface area (Å²) >= 11 is 11.9. The van der Waals surface area contributed by atoms with E-state index in [1.807, 2.05) is 0 Å². The van der Waals surface area contributed by atoms with Gasteiger partial charge in [0.1, 0.15) is 0 Å². The van der Waals surface area contributed by atoms with Crippen molar-refractivity contribution in [3.8, 4) is 0 Å². The molecule has 6 nitrogen and oxygen atoms in total. The Morgan fingerprint density at radius 3 is 2.69 bits per heavy atom. The van der Waals surface area contributed by atoms with Crippen molar-refractivity contribution in [1.82, 2.24) is 9.97 Å². The van der Waals surface area contributed by atoms with Gasteiger partial charge >= 0.3 is 6.08 Å². The molecule has 26 heavy (non-hydrogen) atoms. The third-order valence-corrected chi connectivity index (χ3v) is 5.58. The van der Waals surface area contributed by atoms with Gasteiger partial charge in [-0.05, 0) is 23.8 Å². The average molecular weight is 398 g/mol. The Morgan fingerprint density at radius 2 is 2.00 bits per heavy atom. The van der Waals surface area contributed by atoms with Crippen LogP contribution in [-0.4, -0.2) is 39.3 Å². The van der Waals surface area contributed by atoms with Gasteiger partial charge in [-0.3, -0.25) is 4.79 Å². The zero-order valence-electron chi connectivity index (χ0n) is 13.3. The smallest absolute Gasteiger partial charge is 0.308 e. The molecule has 2 N–H and O–H groups in total. The van der Waals surface area contributed by atoms with Gasteiger partial charge in [-0.15, -0.1) is 0 Å². The number of aromatic nitrogens is 2. The standard InChI is InChI=1S/C17H14Cl2FN3O3/c18-9-2-1-8(3-10(9)19)23-16(25)14-12-4-11(24)15(26-12)13(14)7-5-21-17(20)22-6-7/h1-3,5-6,11-15,24H,4H2,(H,23,25)/t11-,12+,13+,14+,15-/m0/s1. The summed E-state index contributed by atoms with van der Waals surface area (Å²) in [5.41, 5.74) is 1.05. The summed E-state index contributed by atoms with van der Waals surface area (Å²) in [6, 6.07) is 4.79. The fraction of sp³-hybridized carbons (Fsp3) is 0.353. The second kappa shape index (κ2) is 6.74. The van der Waals surface area contributed by atoms with E-state index in [-0.39, 0.29) is 5.91 Å². The number of carbonyl (C=O) groups excluding carboxylic acids is 1. The SMILES string of the molecule is O=C(Nc1ccc(Cl)c(Cl)c1)[C@H]1[C@@H](c2cnc(F)nc2)[C@H]2O[C@@H]1C[C@@H]2O. The van der Waals surface area contributed by atoms with E-state index in [1.165, 1.54) is 12.4 Å². The first-order valence-electron chi connectivity index (χ1n) is 8.01. The van der Waals surface area contributed by atoms with Gasteiger partial charge in [0.05, 0.1) is 34.3 Å². The topological polar surface area (TPSA) is 84.3 Å². The molecule has 1 aromatic carbocycles. The molecule has 4 rings (SSSR count). The lowest BCUT2D eigenvalue weighted by Gasteiger charge is -2.29. The minimum Gasteiger partial charge on any atom is -0.390 e. The molecule has 1 aromatic heterocycles. The molecule has 2 fully saturated rings. The highest BCUT2D eigenvalue weighted by Gasteiger charge is 2.57. The van der Waals surface area contributed by atoms with Gasteiger partial charge in [-0.25, -0.2) is 9.97 Å². The van der Waals surface area contributed by atoms with Crippen LogP contribution < -0.4 is 5.32 Å². The number of halogens is 3. The number of aliphatic hydroxyl groups excluding tert-OH is 1. The summed E-state index contributed by atoms with van der Waals surface area (Å²) in [4.78, 5) is 20.0. The maximum Gasteiger partial charge on any atom is 0.308 e. The maximum absolute atomic E-state index is 13.0. The Kier molecular flexibility index (Phi) is 4.56. The highest BCUT2D eigenvalue weighted by molar-refractivity contribution is 6.42. The van der Waals surface area contributed by atoms with Gasteiger partial charge in [-0.2, -0.15) is 4.39 Å². The van der Waals surface area contributed by atoms with E-state index in [0.717, 1.165) is 0 Å². The maximum atomic E-state index is 13.0. The van der Waals surface area contributed by atoms with Crippen LogP contribution in [0.2, 0.25) is 10.0 Å². The number of aliphatic hydroxyl groups is 1. The molecule has 2 saturated heterocycles. The van der Waals surface area contributed by atoms with Crippen LogP contribution in [0.4, 0.5) is 10.1 Å². The first-order valence-corrected chi connectivity index (χ1v) is 8.76. The van der Waals surface area contributed by atoms with Crippen LogP contribution in [0, 0.1) is 12.0 Å². The molecule has 0 spiro atoms. The quantitative estimate of drug-likeness (QED) is 0.777. The third-order valence-electron chi connectivity index (χ3n) is 4.84. The first kappa shape index (κ1) is 17.6. The van der Waals surface area contributed by atoms with Crippen LogP contribution in [0.5, 0.6) is 0 Å². The Morgan fingerprint density at radius 1 is 1.27 bits per heavy atom. The number of carbonyl (C=O) groups is 1. The molecule has 2 aliphatic heterocycles. The van der Waals surface area contributed by atoms with Gasteiger partial charge in [0.15, 0.2) is 0 Å². The van der Waals surface area contributed by atoms with Gasteiger partial charge in [-0.1, -0.05) is 23.2 Å². The number of nitrogens with one attached hydrogen (secondary N) is 1. The molecule has 5 atom stereocenters. The van der Waals surface area contributed by atoms with Crippen LogP contribution in [0.1, 0.15) is 17.9 Å². The molecule has 0 radical (unpaired) electrons. The second-order valence-electron chi connectivity index (χ2n) is 6.40. The fourth-order valence-electron chi connectivity index (χ4n) is 3.73. The van der Waals surface area contributed by atoms with Crippen molar-refractivity contribution in [2.75, 3.05) is 5.32 Å². The highest BCUT2D eigenvalue weighted by atomic mass is 35.5. The average Bonchev–Trinajstić information content (AvgIpc) is 3.16. The van der Waals surface area contributed by atoms with Crippen LogP contribution in [0.15, 0.2) is 30.6 Å². The van der Waals surface area contributed by atoms with E-state index < -0.39 is 36.2 Å². The second-order valence-corrected chi connectivity index (χ2v) is 7.21. The minimum absolute atomic E-state index is 0.280. The summed E-state index contributed by atoms with van der Waals surface area (Å²) < 4.78 is 18.8. The number of amides is 1. The van der Waals surface area contributed by atoms with E-state index in [4.69, 9.17) is 27.9 Å². The number of ether oxygens (including phenoxy) is 1. The van der Waals surface area contributed by atoms with Crippen LogP contribution in [0.3, 0.4) is 0 Å². The summed E-state index contributed by atoms with van der Waals surface area (Å²) in [6.45, 7) is 0. The summed E-state index contributed by atoms with van der Waals surface area (Å²) in [6.07, 6.45) is 0.473. The Hall–Kier alpha value is -1.80. The third kappa shape index (κ3) is 3.05. The number of nitrogens with zero attached hydrogens (tertiary/aromatic N) is 2. The number of fused-ring (bicyclic) bond motifs is 2. The zero-order valence-corrected chi connectivity index (χ0v) is 14.8. The van der Waals surface area contributed by atoms with E-state index in [9.17, 15) is 14.3 Å². The van der Waals surface area contributed by atoms with Crippen molar-refractivity contribution in [2.45, 2.75) is 30.7 Å². The number of rotatable bonds is 3. The highest BCUT2D eigenvalue weighted by Crippen LogP contribution is 2.49. The molecule has 0 saturated carbocycles. The summed E-state index contributed by atoms with van der Waals surface area (Å²) in [5.74, 6) is -1.31. The van der Waals surface area contributed by atoms with Gasteiger partial charge in [0.2, 0.25) is 5.91 Å². The van der Waals surface area contributed by atoms with E-state index in [1.54, 1.807) is 18.2 Å². The van der Waals surface area contributed by atoms with Crippen molar-refractivity contribution < 1.29 is 19.0 Å². The molecule has 136 valence electrons. The van der Waals surface area contributed by atoms with Gasteiger partial charge < -0.3 is 15.2 Å². The molecule has 0 aliphatic carbocycles. The molecule has 3 heterocycles. The lowest BCUT2D eigenvalue weighted by Crippen LogP contribution is -2.41. The lowest BCUT2D eigenvalue weighted by atomic mass is 9.74. The molecule has 1 amide bonds. The van der Waals surface area contributed by atoms with E-state index in [2.05, 4.69) is 15.3 Å². The predicted octanol–water partition coefficient (Wildman–Crippen LogP) is 2.79. The normalized spacial score (nSPS) is 29.8. The molecule has 2 aromatic rings. The van der Waals surface area contributed by atoms with Crippen molar-refractivity contribution in [3.05, 3.63) is 52.3 Å². The Bertz CT molecular complexity index is 852. The Balaban J connectivity index is 1.61. The molecular weight excluding hydrogens is 384 g/mol. The fourth-order valence-corrected chi connectivity index (χ4v) is 4.03. The predicted molar refractivity (Wildman–Crippen MR) is 92.6 cm³/mol. The molecule has 2 bridgehead atoms. The summed E-state index contributed by atoms with van der Waals surface area (Å²) in [5, 5.41) is 13.7. The van der Waals surface area contributed by atoms with Gasteiger partial charge in [0, 0.05) is 30.4 Å². The molecular formula is C17H14Cl2FN3O3. The van der Waals surface area contributed by atoms with Crippen molar-refractivity contribution in [1.29, 1.82) is 0 Å². The van der Waals surface area contributed by atoms with E-state index >= 15 is 0 Å². The van der Waals surface area contributed by atoms with Crippen LogP contribution in [0.25, 0.3) is 0 Å². The summed E-state index contributed by atoms with van der Waals surface area (Å²) in [7, 11) is 0.